The zero-order valence-electron chi connectivity index (χ0n) is 10.3. The highest BCUT2D eigenvalue weighted by atomic mass is 32.2. The molecule has 1 heterocycles. The average Bonchev–Trinajstić information content (AvgIpc) is 2.90. The topological polar surface area (TPSA) is 67.4 Å². The van der Waals surface area contributed by atoms with Crippen molar-refractivity contribution in [3.63, 3.8) is 0 Å². The van der Waals surface area contributed by atoms with Gasteiger partial charge in [-0.2, -0.15) is 0 Å². The molecule has 2 N–H and O–H groups in total. The van der Waals surface area contributed by atoms with Crippen molar-refractivity contribution in [2.75, 3.05) is 32.1 Å². The molecule has 0 aromatic heterocycles. The van der Waals surface area contributed by atoms with Crippen LogP contribution in [0, 0.1) is 5.92 Å². The molecule has 0 radical (unpaired) electrons. The van der Waals surface area contributed by atoms with Gasteiger partial charge in [0.2, 0.25) is 10.0 Å². The van der Waals surface area contributed by atoms with Crippen LogP contribution in [0.2, 0.25) is 0 Å². The first-order chi connectivity index (χ1) is 8.62. The summed E-state index contributed by atoms with van der Waals surface area (Å²) in [5, 5.41) is 3.29. The van der Waals surface area contributed by atoms with E-state index in [-0.39, 0.29) is 4.90 Å². The molecule has 6 heteroatoms. The number of anilines is 1. The van der Waals surface area contributed by atoms with E-state index in [0.29, 0.717) is 5.92 Å². The predicted molar refractivity (Wildman–Crippen MR) is 70.1 cm³/mol. The number of hydrogen-bond donors (Lipinski definition) is 2. The van der Waals surface area contributed by atoms with Crippen LogP contribution in [0.15, 0.2) is 29.2 Å². The van der Waals surface area contributed by atoms with E-state index in [2.05, 4.69) is 10.0 Å². The van der Waals surface area contributed by atoms with Crippen LogP contribution < -0.4 is 10.0 Å². The molecule has 1 saturated heterocycles. The Labute approximate surface area is 108 Å². The second-order valence-electron chi connectivity index (χ2n) is 4.34. The van der Waals surface area contributed by atoms with Gasteiger partial charge >= 0.3 is 0 Å². The van der Waals surface area contributed by atoms with E-state index in [9.17, 15) is 8.42 Å². The fourth-order valence-corrected chi connectivity index (χ4v) is 2.61. The van der Waals surface area contributed by atoms with Gasteiger partial charge in [0.15, 0.2) is 0 Å². The van der Waals surface area contributed by atoms with E-state index in [4.69, 9.17) is 4.74 Å². The van der Waals surface area contributed by atoms with Crippen LogP contribution in [-0.4, -0.2) is 35.2 Å². The molecule has 0 saturated carbocycles. The first kappa shape index (κ1) is 13.3. The summed E-state index contributed by atoms with van der Waals surface area (Å²) in [5.74, 6) is 0.547. The molecule has 18 heavy (non-hydrogen) atoms. The van der Waals surface area contributed by atoms with Crippen LogP contribution >= 0.6 is 0 Å². The summed E-state index contributed by atoms with van der Waals surface area (Å²) in [6.07, 6.45) is 1.08. The highest BCUT2D eigenvalue weighted by Crippen LogP contribution is 2.16. The molecule has 0 bridgehead atoms. The second kappa shape index (κ2) is 5.69. The minimum atomic E-state index is -3.34. The predicted octanol–water partition coefficient (Wildman–Crippen LogP) is 1.04. The van der Waals surface area contributed by atoms with Crippen molar-refractivity contribution in [2.24, 2.45) is 5.92 Å². The molecule has 2 rings (SSSR count). The number of hydrogen-bond acceptors (Lipinski definition) is 4. The molecular weight excluding hydrogens is 252 g/mol. The van der Waals surface area contributed by atoms with Gasteiger partial charge in [-0.1, -0.05) is 0 Å². The lowest BCUT2D eigenvalue weighted by atomic mass is 10.1. The lowest BCUT2D eigenvalue weighted by Crippen LogP contribution is -2.18. The van der Waals surface area contributed by atoms with Crippen LogP contribution in [0.25, 0.3) is 0 Å². The first-order valence-corrected chi connectivity index (χ1v) is 7.45. The van der Waals surface area contributed by atoms with Gasteiger partial charge < -0.3 is 10.1 Å². The van der Waals surface area contributed by atoms with Crippen LogP contribution in [0.4, 0.5) is 5.69 Å². The van der Waals surface area contributed by atoms with E-state index in [1.165, 1.54) is 7.05 Å². The van der Waals surface area contributed by atoms with Crippen molar-refractivity contribution >= 4 is 15.7 Å². The van der Waals surface area contributed by atoms with Crippen molar-refractivity contribution < 1.29 is 13.2 Å². The molecule has 0 spiro atoms. The van der Waals surface area contributed by atoms with Crippen LogP contribution in [0.1, 0.15) is 6.42 Å². The minimum Gasteiger partial charge on any atom is -0.385 e. The summed E-state index contributed by atoms with van der Waals surface area (Å²) in [7, 11) is -1.94. The van der Waals surface area contributed by atoms with Crippen molar-refractivity contribution in [3.05, 3.63) is 24.3 Å². The second-order valence-corrected chi connectivity index (χ2v) is 6.23. The van der Waals surface area contributed by atoms with Crippen molar-refractivity contribution in [3.8, 4) is 0 Å². The molecule has 1 atom stereocenters. The molecular formula is C12H18N2O3S. The maximum atomic E-state index is 11.5. The highest BCUT2D eigenvalue weighted by molar-refractivity contribution is 7.89. The molecule has 5 nitrogen and oxygen atoms in total. The lowest BCUT2D eigenvalue weighted by molar-refractivity contribution is 0.187. The minimum absolute atomic E-state index is 0.278. The molecule has 0 aliphatic carbocycles. The molecule has 1 aromatic rings. The largest absolute Gasteiger partial charge is 0.385 e. The maximum Gasteiger partial charge on any atom is 0.240 e. The molecule has 100 valence electrons. The number of sulfonamides is 1. The van der Waals surface area contributed by atoms with Crippen LogP contribution in [0.3, 0.4) is 0 Å². The van der Waals surface area contributed by atoms with Crippen LogP contribution in [-0.2, 0) is 14.8 Å². The fraction of sp³-hybridized carbons (Fsp3) is 0.500. The van der Waals surface area contributed by atoms with E-state index in [0.717, 1.165) is 31.9 Å². The van der Waals surface area contributed by atoms with Gasteiger partial charge in [0.05, 0.1) is 11.5 Å². The van der Waals surface area contributed by atoms with Crippen molar-refractivity contribution in [2.45, 2.75) is 11.3 Å². The number of rotatable bonds is 5. The van der Waals surface area contributed by atoms with Gasteiger partial charge in [0, 0.05) is 24.8 Å². The Morgan fingerprint density at radius 2 is 2.06 bits per heavy atom. The molecule has 1 aliphatic heterocycles. The Hall–Kier alpha value is -1.11. The van der Waals surface area contributed by atoms with E-state index in [1.807, 2.05) is 0 Å². The quantitative estimate of drug-likeness (QED) is 0.839. The van der Waals surface area contributed by atoms with Crippen molar-refractivity contribution in [1.29, 1.82) is 0 Å². The Morgan fingerprint density at radius 3 is 2.61 bits per heavy atom. The Bertz CT molecular complexity index is 479. The highest BCUT2D eigenvalue weighted by Gasteiger charge is 2.15. The van der Waals surface area contributed by atoms with Crippen molar-refractivity contribution in [1.82, 2.24) is 4.72 Å². The number of nitrogens with one attached hydrogen (secondary N) is 2. The van der Waals surface area contributed by atoms with Gasteiger partial charge in [-0.25, -0.2) is 13.1 Å². The van der Waals surface area contributed by atoms with Crippen LogP contribution in [0.5, 0.6) is 0 Å². The summed E-state index contributed by atoms with van der Waals surface area (Å²) in [4.78, 5) is 0.278. The molecule has 1 aliphatic rings. The summed E-state index contributed by atoms with van der Waals surface area (Å²) >= 11 is 0. The van der Waals surface area contributed by atoms with E-state index < -0.39 is 10.0 Å². The lowest BCUT2D eigenvalue weighted by Gasteiger charge is -2.11. The summed E-state index contributed by atoms with van der Waals surface area (Å²) in [6, 6.07) is 6.75. The van der Waals surface area contributed by atoms with Gasteiger partial charge in [0.25, 0.3) is 0 Å². The van der Waals surface area contributed by atoms with Gasteiger partial charge in [-0.05, 0) is 37.7 Å². The fourth-order valence-electron chi connectivity index (χ4n) is 1.88. The smallest absolute Gasteiger partial charge is 0.240 e. The molecule has 1 aromatic carbocycles. The Balaban J connectivity index is 1.95. The Kier molecular flexibility index (Phi) is 4.21. The monoisotopic (exact) mass is 270 g/mol. The SMILES string of the molecule is CNS(=O)(=O)c1ccc(NCC2CCOC2)cc1. The third-order valence-electron chi connectivity index (χ3n) is 3.05. The third-order valence-corrected chi connectivity index (χ3v) is 4.48. The average molecular weight is 270 g/mol. The standard InChI is InChI=1S/C12H18N2O3S/c1-13-18(15,16)12-4-2-11(3-5-12)14-8-10-6-7-17-9-10/h2-5,10,13-14H,6-9H2,1H3. The third kappa shape index (κ3) is 3.22. The zero-order chi connectivity index (χ0) is 13.0. The van der Waals surface area contributed by atoms with Gasteiger partial charge in [0.1, 0.15) is 0 Å². The normalized spacial score (nSPS) is 19.9. The zero-order valence-corrected chi connectivity index (χ0v) is 11.2. The number of ether oxygens (including phenoxy) is 1. The van der Waals surface area contributed by atoms with E-state index >= 15 is 0 Å². The summed E-state index contributed by atoms with van der Waals surface area (Å²) in [6.45, 7) is 2.50. The summed E-state index contributed by atoms with van der Waals surface area (Å²) in [5.41, 5.74) is 0.928. The Morgan fingerprint density at radius 1 is 1.33 bits per heavy atom. The van der Waals surface area contributed by atoms with Gasteiger partial charge in [-0.3, -0.25) is 0 Å². The molecule has 1 unspecified atom stereocenters. The first-order valence-electron chi connectivity index (χ1n) is 5.97. The molecule has 0 amide bonds. The maximum absolute atomic E-state index is 11.5. The van der Waals surface area contributed by atoms with Gasteiger partial charge in [-0.15, -0.1) is 0 Å². The number of benzene rings is 1. The van der Waals surface area contributed by atoms with E-state index in [1.54, 1.807) is 24.3 Å². The molecule has 1 fully saturated rings. The summed E-state index contributed by atoms with van der Waals surface area (Å²) < 4.78 is 30.6.